The molecule has 0 amide bonds. The summed E-state index contributed by atoms with van der Waals surface area (Å²) in [5, 5.41) is 0. The van der Waals surface area contributed by atoms with Crippen LogP contribution in [0, 0.1) is 13.8 Å². The van der Waals surface area contributed by atoms with Crippen molar-refractivity contribution in [3.05, 3.63) is 34.9 Å². The predicted octanol–water partition coefficient (Wildman–Crippen LogP) is 3.42. The zero-order chi connectivity index (χ0) is 13.9. The summed E-state index contributed by atoms with van der Waals surface area (Å²) in [5.74, 6) is 0. The van der Waals surface area contributed by atoms with Gasteiger partial charge in [-0.15, -0.1) is 0 Å². The van der Waals surface area contributed by atoms with Gasteiger partial charge < -0.3 is 5.73 Å². The fraction of sp³-hybridized carbons (Fsp3) is 0.625. The molecule has 0 fully saturated rings. The van der Waals surface area contributed by atoms with Crippen molar-refractivity contribution in [1.29, 1.82) is 0 Å². The van der Waals surface area contributed by atoms with Crippen molar-refractivity contribution in [2.45, 2.75) is 53.1 Å². The van der Waals surface area contributed by atoms with Gasteiger partial charge in [0.15, 0.2) is 0 Å². The molecule has 2 N–H and O–H groups in total. The van der Waals surface area contributed by atoms with Gasteiger partial charge in [0.2, 0.25) is 0 Å². The molecular weight excluding hydrogens is 220 g/mol. The van der Waals surface area contributed by atoms with E-state index in [1.807, 2.05) is 0 Å². The fourth-order valence-corrected chi connectivity index (χ4v) is 2.73. The molecule has 0 bridgehead atoms. The van der Waals surface area contributed by atoms with Gasteiger partial charge in [-0.2, -0.15) is 0 Å². The molecule has 0 spiro atoms. The van der Waals surface area contributed by atoms with Crippen LogP contribution in [0.1, 0.15) is 50.4 Å². The van der Waals surface area contributed by atoms with Crippen molar-refractivity contribution in [3.63, 3.8) is 0 Å². The Morgan fingerprint density at radius 3 is 2.22 bits per heavy atom. The van der Waals surface area contributed by atoms with Gasteiger partial charge in [0.25, 0.3) is 0 Å². The van der Waals surface area contributed by atoms with Crippen LogP contribution in [0.25, 0.3) is 0 Å². The Labute approximate surface area is 112 Å². The average molecular weight is 248 g/mol. The molecule has 2 heteroatoms. The lowest BCUT2D eigenvalue weighted by molar-refractivity contribution is 0.106. The predicted molar refractivity (Wildman–Crippen MR) is 79.8 cm³/mol. The summed E-state index contributed by atoms with van der Waals surface area (Å²) < 4.78 is 0. The van der Waals surface area contributed by atoms with E-state index >= 15 is 0 Å². The maximum absolute atomic E-state index is 6.55. The van der Waals surface area contributed by atoms with E-state index in [0.29, 0.717) is 0 Å². The molecule has 0 heterocycles. The molecule has 0 aliphatic carbocycles. The monoisotopic (exact) mass is 248 g/mol. The number of benzene rings is 1. The zero-order valence-electron chi connectivity index (χ0n) is 12.7. The summed E-state index contributed by atoms with van der Waals surface area (Å²) in [5.41, 5.74) is 10.4. The van der Waals surface area contributed by atoms with E-state index in [1.54, 1.807) is 0 Å². The number of nitrogens with two attached hydrogens (primary N) is 1. The van der Waals surface area contributed by atoms with E-state index in [1.165, 1.54) is 16.7 Å². The molecule has 1 rings (SSSR count). The zero-order valence-corrected chi connectivity index (χ0v) is 12.7. The molecule has 1 atom stereocenters. The number of likely N-dealkylation sites (N-methyl/N-ethyl adjacent to an activating group) is 1. The van der Waals surface area contributed by atoms with Crippen LogP contribution in [0.2, 0.25) is 0 Å². The third-order valence-corrected chi connectivity index (χ3v) is 4.32. The third-order valence-electron chi connectivity index (χ3n) is 4.32. The first kappa shape index (κ1) is 15.2. The topological polar surface area (TPSA) is 29.3 Å². The van der Waals surface area contributed by atoms with Crippen molar-refractivity contribution >= 4 is 0 Å². The maximum Gasteiger partial charge on any atom is 0.0479 e. The highest BCUT2D eigenvalue weighted by atomic mass is 15.2. The van der Waals surface area contributed by atoms with Crippen LogP contribution in [0.15, 0.2) is 18.2 Å². The van der Waals surface area contributed by atoms with Crippen LogP contribution < -0.4 is 5.73 Å². The minimum absolute atomic E-state index is 0.0257. The van der Waals surface area contributed by atoms with Gasteiger partial charge in [0.05, 0.1) is 0 Å². The fourth-order valence-electron chi connectivity index (χ4n) is 2.73. The summed E-state index contributed by atoms with van der Waals surface area (Å²) in [6.45, 7) is 15.3. The smallest absolute Gasteiger partial charge is 0.0479 e. The molecule has 102 valence electrons. The first-order valence-electron chi connectivity index (χ1n) is 6.92. The van der Waals surface area contributed by atoms with Crippen LogP contribution in [0.4, 0.5) is 0 Å². The minimum atomic E-state index is -0.0257. The lowest BCUT2D eigenvalue weighted by Gasteiger charge is -2.42. The molecular formula is C16H28N2. The van der Waals surface area contributed by atoms with E-state index in [4.69, 9.17) is 5.73 Å². The second-order valence-electron chi connectivity index (χ2n) is 5.59. The maximum atomic E-state index is 6.55. The Morgan fingerprint density at radius 2 is 1.72 bits per heavy atom. The summed E-state index contributed by atoms with van der Waals surface area (Å²) in [4.78, 5) is 2.43. The van der Waals surface area contributed by atoms with Crippen molar-refractivity contribution in [1.82, 2.24) is 4.90 Å². The van der Waals surface area contributed by atoms with Gasteiger partial charge in [-0.25, -0.2) is 0 Å². The van der Waals surface area contributed by atoms with Crippen molar-refractivity contribution in [2.24, 2.45) is 5.73 Å². The summed E-state index contributed by atoms with van der Waals surface area (Å²) in [6, 6.07) is 6.46. The largest absolute Gasteiger partial charge is 0.322 e. The third kappa shape index (κ3) is 2.76. The molecule has 18 heavy (non-hydrogen) atoms. The Morgan fingerprint density at radius 1 is 1.17 bits per heavy atom. The normalized spacial score (nSPS) is 14.0. The molecule has 2 nitrogen and oxygen atoms in total. The van der Waals surface area contributed by atoms with Gasteiger partial charge in [0.1, 0.15) is 0 Å². The van der Waals surface area contributed by atoms with E-state index in [9.17, 15) is 0 Å². The van der Waals surface area contributed by atoms with Gasteiger partial charge >= 0.3 is 0 Å². The SMILES string of the molecule is CCN(CC)C(C)(C)C(N)c1cccc(C)c1C. The second-order valence-corrected chi connectivity index (χ2v) is 5.59. The second kappa shape index (κ2) is 5.85. The molecule has 0 aliphatic heterocycles. The highest BCUT2D eigenvalue weighted by Gasteiger charge is 2.33. The number of rotatable bonds is 5. The molecule has 1 unspecified atom stereocenters. The lowest BCUT2D eigenvalue weighted by atomic mass is 9.84. The Hall–Kier alpha value is -0.860. The number of hydrogen-bond acceptors (Lipinski definition) is 2. The van der Waals surface area contributed by atoms with E-state index < -0.39 is 0 Å². The van der Waals surface area contributed by atoms with Gasteiger partial charge in [0, 0.05) is 11.6 Å². The summed E-state index contributed by atoms with van der Waals surface area (Å²) in [6.07, 6.45) is 0. The van der Waals surface area contributed by atoms with Crippen molar-refractivity contribution in [3.8, 4) is 0 Å². The van der Waals surface area contributed by atoms with Gasteiger partial charge in [-0.05, 0) is 57.5 Å². The van der Waals surface area contributed by atoms with Crippen LogP contribution in [0.5, 0.6) is 0 Å². The Bertz CT molecular complexity index is 392. The number of hydrogen-bond donors (Lipinski definition) is 1. The van der Waals surface area contributed by atoms with Crippen LogP contribution >= 0.6 is 0 Å². The first-order chi connectivity index (χ1) is 8.36. The molecule has 0 radical (unpaired) electrons. The van der Waals surface area contributed by atoms with E-state index in [0.717, 1.165) is 13.1 Å². The quantitative estimate of drug-likeness (QED) is 0.865. The van der Waals surface area contributed by atoms with Gasteiger partial charge in [-0.1, -0.05) is 32.0 Å². The molecule has 0 aliphatic rings. The number of aryl methyl sites for hydroxylation is 1. The Balaban J connectivity index is 3.12. The first-order valence-corrected chi connectivity index (χ1v) is 6.92. The van der Waals surface area contributed by atoms with Crippen LogP contribution in [-0.4, -0.2) is 23.5 Å². The van der Waals surface area contributed by atoms with E-state index in [2.05, 4.69) is 64.6 Å². The minimum Gasteiger partial charge on any atom is -0.322 e. The average Bonchev–Trinajstić information content (AvgIpc) is 2.33. The molecule has 1 aromatic rings. The molecule has 1 aromatic carbocycles. The molecule has 0 saturated carbocycles. The van der Waals surface area contributed by atoms with Crippen molar-refractivity contribution in [2.75, 3.05) is 13.1 Å². The highest BCUT2D eigenvalue weighted by molar-refractivity contribution is 5.36. The number of nitrogens with zero attached hydrogens (tertiary/aromatic N) is 1. The highest BCUT2D eigenvalue weighted by Crippen LogP contribution is 2.31. The lowest BCUT2D eigenvalue weighted by Crippen LogP contribution is -2.51. The summed E-state index contributed by atoms with van der Waals surface area (Å²) >= 11 is 0. The molecule has 0 aromatic heterocycles. The molecule has 0 saturated heterocycles. The summed E-state index contributed by atoms with van der Waals surface area (Å²) in [7, 11) is 0. The van der Waals surface area contributed by atoms with Crippen LogP contribution in [0.3, 0.4) is 0 Å². The van der Waals surface area contributed by atoms with Crippen LogP contribution in [-0.2, 0) is 0 Å². The Kier molecular flexibility index (Phi) is 4.94. The standard InChI is InChI=1S/C16H28N2/c1-7-18(8-2)16(5,6)15(17)14-11-9-10-12(3)13(14)4/h9-11,15H,7-8,17H2,1-6H3. The van der Waals surface area contributed by atoms with E-state index in [-0.39, 0.29) is 11.6 Å². The van der Waals surface area contributed by atoms with Gasteiger partial charge in [-0.3, -0.25) is 4.90 Å². The van der Waals surface area contributed by atoms with Crippen molar-refractivity contribution < 1.29 is 0 Å².